The number of nitrogens with two attached hydrogens (primary N) is 1. The van der Waals surface area contributed by atoms with Crippen LogP contribution in [0.5, 0.6) is 0 Å². The second-order valence-electron chi connectivity index (χ2n) is 7.10. The molecule has 2 fully saturated rings. The average molecular weight is 360 g/mol. The Morgan fingerprint density at radius 2 is 2.04 bits per heavy atom. The number of urea groups is 1. The predicted molar refractivity (Wildman–Crippen MR) is 97.8 cm³/mol. The second-order valence-corrected chi connectivity index (χ2v) is 7.10. The third-order valence-electron chi connectivity index (χ3n) is 4.98. The molecule has 2 aliphatic rings. The second kappa shape index (κ2) is 9.00. The first-order valence-corrected chi connectivity index (χ1v) is 9.39. The van der Waals surface area contributed by atoms with Crippen LogP contribution in [0.2, 0.25) is 0 Å². The first kappa shape index (κ1) is 18.7. The number of primary amides is 1. The summed E-state index contributed by atoms with van der Waals surface area (Å²) >= 11 is 0. The number of piperidine rings is 1. The summed E-state index contributed by atoms with van der Waals surface area (Å²) in [7, 11) is 0. The summed E-state index contributed by atoms with van der Waals surface area (Å²) in [6, 6.07) is 8.00. The molecule has 0 aliphatic carbocycles. The lowest BCUT2D eigenvalue weighted by Crippen LogP contribution is -2.42. The molecular formula is C19H28N4O3. The Morgan fingerprint density at radius 3 is 2.81 bits per heavy atom. The first-order chi connectivity index (χ1) is 12.6. The number of likely N-dealkylation sites (tertiary alicyclic amines) is 1. The summed E-state index contributed by atoms with van der Waals surface area (Å²) in [6.45, 7) is 4.21. The van der Waals surface area contributed by atoms with Gasteiger partial charge in [0.2, 0.25) is 5.91 Å². The van der Waals surface area contributed by atoms with Crippen LogP contribution in [0.25, 0.3) is 0 Å². The molecule has 142 valence electrons. The van der Waals surface area contributed by atoms with E-state index in [0.29, 0.717) is 19.7 Å². The zero-order valence-corrected chi connectivity index (χ0v) is 15.2. The summed E-state index contributed by atoms with van der Waals surface area (Å²) in [5.41, 5.74) is 7.69. The van der Waals surface area contributed by atoms with E-state index in [4.69, 9.17) is 10.6 Å². The summed E-state index contributed by atoms with van der Waals surface area (Å²) in [5, 5.41) is 4.32. The summed E-state index contributed by atoms with van der Waals surface area (Å²) in [5.74, 6) is -0.248. The molecule has 7 heteroatoms. The molecule has 0 saturated carbocycles. The largest absolute Gasteiger partial charge is 0.369 e. The minimum Gasteiger partial charge on any atom is -0.369 e. The van der Waals surface area contributed by atoms with Gasteiger partial charge in [0, 0.05) is 19.6 Å². The minimum absolute atomic E-state index is 0.0456. The van der Waals surface area contributed by atoms with Gasteiger partial charge in [0.05, 0.1) is 19.1 Å². The van der Waals surface area contributed by atoms with E-state index >= 15 is 0 Å². The van der Waals surface area contributed by atoms with Crippen molar-refractivity contribution in [3.63, 3.8) is 0 Å². The number of carbonyl (C=O) groups is 2. The number of benzene rings is 1. The molecule has 26 heavy (non-hydrogen) atoms. The van der Waals surface area contributed by atoms with E-state index in [1.54, 1.807) is 0 Å². The molecule has 2 aliphatic heterocycles. The zero-order valence-electron chi connectivity index (χ0n) is 15.2. The highest BCUT2D eigenvalue weighted by Crippen LogP contribution is 2.19. The smallest absolute Gasteiger partial charge is 0.341 e. The summed E-state index contributed by atoms with van der Waals surface area (Å²) in [4.78, 5) is 31.2. The molecule has 3 rings (SSSR count). The molecular weight excluding hydrogens is 332 g/mol. The molecule has 7 nitrogen and oxygen atoms in total. The van der Waals surface area contributed by atoms with Gasteiger partial charge in [-0.25, -0.2) is 9.86 Å². The molecule has 1 aromatic carbocycles. The molecule has 0 spiro atoms. The number of nitrogens with zero attached hydrogens (tertiary/aromatic N) is 2. The highest BCUT2D eigenvalue weighted by atomic mass is 16.7. The Bertz CT molecular complexity index is 631. The highest BCUT2D eigenvalue weighted by Gasteiger charge is 2.24. The maximum atomic E-state index is 12.1. The topological polar surface area (TPSA) is 87.9 Å². The molecule has 2 saturated heterocycles. The van der Waals surface area contributed by atoms with Gasteiger partial charge in [-0.15, -0.1) is 0 Å². The number of nitrogens with one attached hydrogen (secondary N) is 1. The fourth-order valence-electron chi connectivity index (χ4n) is 3.55. The monoisotopic (exact) mass is 360 g/mol. The van der Waals surface area contributed by atoms with Gasteiger partial charge in [-0.05, 0) is 43.4 Å². The van der Waals surface area contributed by atoms with Crippen molar-refractivity contribution in [2.75, 3.05) is 26.2 Å². The number of amides is 3. The molecule has 0 bridgehead atoms. The zero-order chi connectivity index (χ0) is 18.4. The molecule has 3 amide bonds. The molecule has 0 radical (unpaired) electrons. The maximum Gasteiger partial charge on any atom is 0.341 e. The normalized spacial score (nSPS) is 21.4. The van der Waals surface area contributed by atoms with E-state index in [2.05, 4.69) is 22.3 Å². The number of hydroxylamine groups is 2. The van der Waals surface area contributed by atoms with E-state index in [-0.39, 0.29) is 17.9 Å². The van der Waals surface area contributed by atoms with Crippen LogP contribution in [0.1, 0.15) is 36.8 Å². The highest BCUT2D eigenvalue weighted by molar-refractivity contribution is 5.77. The molecule has 1 unspecified atom stereocenters. The van der Waals surface area contributed by atoms with Crippen LogP contribution < -0.4 is 11.1 Å². The van der Waals surface area contributed by atoms with E-state index < -0.39 is 0 Å². The van der Waals surface area contributed by atoms with Crippen molar-refractivity contribution < 1.29 is 14.4 Å². The lowest BCUT2D eigenvalue weighted by molar-refractivity contribution is -0.139. The Kier molecular flexibility index (Phi) is 6.46. The lowest BCUT2D eigenvalue weighted by Gasteiger charge is -2.31. The third kappa shape index (κ3) is 5.19. The summed E-state index contributed by atoms with van der Waals surface area (Å²) in [6.07, 6.45) is 3.86. The van der Waals surface area contributed by atoms with Crippen molar-refractivity contribution in [2.24, 2.45) is 11.7 Å². The Labute approximate surface area is 154 Å². The van der Waals surface area contributed by atoms with Crippen LogP contribution in [0.4, 0.5) is 4.79 Å². The van der Waals surface area contributed by atoms with E-state index in [1.165, 1.54) is 10.6 Å². The van der Waals surface area contributed by atoms with Crippen LogP contribution in [0.3, 0.4) is 0 Å². The molecule has 1 atom stereocenters. The van der Waals surface area contributed by atoms with Crippen LogP contribution in [-0.2, 0) is 22.7 Å². The fourth-order valence-corrected chi connectivity index (χ4v) is 3.55. The lowest BCUT2D eigenvalue weighted by atomic mass is 9.97. The maximum absolute atomic E-state index is 12.1. The van der Waals surface area contributed by atoms with E-state index in [9.17, 15) is 9.59 Å². The van der Waals surface area contributed by atoms with Gasteiger partial charge in [-0.3, -0.25) is 14.5 Å². The number of carbonyl (C=O) groups excluding carboxylic acids is 2. The molecule has 2 heterocycles. The first-order valence-electron chi connectivity index (χ1n) is 9.39. The van der Waals surface area contributed by atoms with Crippen LogP contribution in [-0.4, -0.2) is 48.1 Å². The van der Waals surface area contributed by atoms with Gasteiger partial charge >= 0.3 is 6.03 Å². The van der Waals surface area contributed by atoms with Crippen molar-refractivity contribution in [3.05, 3.63) is 35.4 Å². The SMILES string of the molecule is NC(=O)C1CCCN(Cc2cccc(CNC(=O)N3CCCCO3)c2)C1. The van der Waals surface area contributed by atoms with Crippen molar-refractivity contribution in [3.8, 4) is 0 Å². The fraction of sp³-hybridized carbons (Fsp3) is 0.579. The van der Waals surface area contributed by atoms with E-state index in [1.807, 2.05) is 12.1 Å². The Morgan fingerprint density at radius 1 is 1.19 bits per heavy atom. The standard InChI is InChI=1S/C19H28N4O3/c20-18(24)17-7-4-8-22(14-17)13-16-6-3-5-15(11-16)12-21-19(25)23-9-1-2-10-26-23/h3,5-6,11,17H,1-2,4,7-10,12-14H2,(H2,20,24)(H,21,25). The van der Waals surface area contributed by atoms with Crippen LogP contribution in [0, 0.1) is 5.92 Å². The van der Waals surface area contributed by atoms with Gasteiger partial charge in [0.25, 0.3) is 0 Å². The third-order valence-corrected chi connectivity index (χ3v) is 4.98. The number of hydrogen-bond donors (Lipinski definition) is 2. The van der Waals surface area contributed by atoms with E-state index in [0.717, 1.165) is 50.9 Å². The van der Waals surface area contributed by atoms with Gasteiger partial charge in [0.15, 0.2) is 0 Å². The van der Waals surface area contributed by atoms with Gasteiger partial charge in [-0.2, -0.15) is 0 Å². The quantitative estimate of drug-likeness (QED) is 0.835. The molecule has 3 N–H and O–H groups in total. The molecule has 1 aromatic rings. The minimum atomic E-state index is -0.203. The Hall–Kier alpha value is -2.12. The van der Waals surface area contributed by atoms with Gasteiger partial charge in [-0.1, -0.05) is 24.3 Å². The van der Waals surface area contributed by atoms with Crippen molar-refractivity contribution in [1.29, 1.82) is 0 Å². The predicted octanol–water partition coefficient (Wildman–Crippen LogP) is 1.62. The number of rotatable bonds is 5. The van der Waals surface area contributed by atoms with Crippen LogP contribution in [0.15, 0.2) is 24.3 Å². The Balaban J connectivity index is 1.51. The van der Waals surface area contributed by atoms with Crippen molar-refractivity contribution in [2.45, 2.75) is 38.8 Å². The average Bonchev–Trinajstić information content (AvgIpc) is 2.67. The van der Waals surface area contributed by atoms with Crippen molar-refractivity contribution >= 4 is 11.9 Å². The molecule has 0 aromatic heterocycles. The van der Waals surface area contributed by atoms with Crippen LogP contribution >= 0.6 is 0 Å². The van der Waals surface area contributed by atoms with Gasteiger partial charge < -0.3 is 11.1 Å². The van der Waals surface area contributed by atoms with Crippen molar-refractivity contribution in [1.82, 2.24) is 15.3 Å². The number of hydrogen-bond acceptors (Lipinski definition) is 4. The van der Waals surface area contributed by atoms with Gasteiger partial charge in [0.1, 0.15) is 0 Å². The summed E-state index contributed by atoms with van der Waals surface area (Å²) < 4.78 is 0.